The number of ether oxygens (including phenoxy) is 1. The first kappa shape index (κ1) is 23.3. The minimum Gasteiger partial charge on any atom is -0.455 e. The van der Waals surface area contributed by atoms with E-state index in [0.717, 1.165) is 41.7 Å². The van der Waals surface area contributed by atoms with E-state index < -0.39 is 0 Å². The highest BCUT2D eigenvalue weighted by Gasteiger charge is 2.26. The molecule has 0 unspecified atom stereocenters. The summed E-state index contributed by atoms with van der Waals surface area (Å²) >= 11 is 3.43. The Kier molecular flexibility index (Phi) is 7.20. The van der Waals surface area contributed by atoms with Gasteiger partial charge < -0.3 is 14.6 Å². The Balaban J connectivity index is 1.14. The number of rotatable bonds is 7. The lowest BCUT2D eigenvalue weighted by atomic mass is 9.96. The highest BCUT2D eigenvalue weighted by molar-refractivity contribution is 9.10. The number of hydrogen-bond acceptors (Lipinski definition) is 6. The summed E-state index contributed by atoms with van der Waals surface area (Å²) in [6.07, 6.45) is 1.53. The second kappa shape index (κ2) is 10.8. The highest BCUT2D eigenvalue weighted by atomic mass is 79.9. The lowest BCUT2D eigenvalue weighted by Crippen LogP contribution is -2.37. The van der Waals surface area contributed by atoms with Crippen LogP contribution in [0.15, 0.2) is 87.9 Å². The Bertz CT molecular complexity index is 1270. The van der Waals surface area contributed by atoms with Crippen LogP contribution in [0.25, 0.3) is 11.4 Å². The van der Waals surface area contributed by atoms with Crippen molar-refractivity contribution in [2.24, 2.45) is 5.92 Å². The van der Waals surface area contributed by atoms with E-state index in [1.807, 2.05) is 78.9 Å². The van der Waals surface area contributed by atoms with E-state index in [9.17, 15) is 4.79 Å². The van der Waals surface area contributed by atoms with Crippen molar-refractivity contribution in [1.82, 2.24) is 15.0 Å². The van der Waals surface area contributed by atoms with Gasteiger partial charge in [-0.2, -0.15) is 4.98 Å². The molecule has 0 atom stereocenters. The standard InChI is InChI=1S/C27H25BrN4O3/c28-21-12-10-19(11-13-21)26-30-25(35-31-26)18-32-16-14-20(15-17-32)27(33)29-23-8-4-5-9-24(23)34-22-6-2-1-3-7-22/h1-13,20H,14-18H2,(H,29,33). The monoisotopic (exact) mass is 532 g/mol. The number of benzene rings is 3. The summed E-state index contributed by atoms with van der Waals surface area (Å²) in [6, 6.07) is 24.9. The van der Waals surface area contributed by atoms with Crippen LogP contribution in [0.5, 0.6) is 11.5 Å². The number of carbonyl (C=O) groups excluding carboxylic acids is 1. The zero-order valence-corrected chi connectivity index (χ0v) is 20.6. The molecule has 4 aromatic rings. The Labute approximate surface area is 212 Å². The van der Waals surface area contributed by atoms with Crippen molar-refractivity contribution in [3.8, 4) is 22.9 Å². The first-order valence-electron chi connectivity index (χ1n) is 11.6. The fourth-order valence-corrected chi connectivity index (χ4v) is 4.35. The van der Waals surface area contributed by atoms with Crippen molar-refractivity contribution in [2.75, 3.05) is 18.4 Å². The molecule has 8 heteroatoms. The number of nitrogens with zero attached hydrogens (tertiary/aromatic N) is 3. The van der Waals surface area contributed by atoms with Crippen LogP contribution >= 0.6 is 15.9 Å². The number of anilines is 1. The van der Waals surface area contributed by atoms with Crippen LogP contribution in [0.2, 0.25) is 0 Å². The summed E-state index contributed by atoms with van der Waals surface area (Å²) < 4.78 is 12.4. The maximum absolute atomic E-state index is 13.0. The molecule has 3 aromatic carbocycles. The van der Waals surface area contributed by atoms with E-state index in [0.29, 0.717) is 29.7 Å². The molecule has 0 bridgehead atoms. The smallest absolute Gasteiger partial charge is 0.241 e. The van der Waals surface area contributed by atoms with Gasteiger partial charge in [0.1, 0.15) is 5.75 Å². The summed E-state index contributed by atoms with van der Waals surface area (Å²) in [5, 5.41) is 7.17. The van der Waals surface area contributed by atoms with Gasteiger partial charge in [0.2, 0.25) is 17.6 Å². The number of piperidine rings is 1. The molecule has 0 spiro atoms. The van der Waals surface area contributed by atoms with Gasteiger partial charge >= 0.3 is 0 Å². The summed E-state index contributed by atoms with van der Waals surface area (Å²) in [6.45, 7) is 2.15. The second-order valence-corrected chi connectivity index (χ2v) is 9.39. The molecule has 0 radical (unpaired) electrons. The molecular weight excluding hydrogens is 508 g/mol. The van der Waals surface area contributed by atoms with Crippen molar-refractivity contribution in [3.63, 3.8) is 0 Å². The average molecular weight is 533 g/mol. The lowest BCUT2D eigenvalue weighted by Gasteiger charge is -2.30. The quantitative estimate of drug-likeness (QED) is 0.307. The molecular formula is C27H25BrN4O3. The van der Waals surface area contributed by atoms with Crippen molar-refractivity contribution >= 4 is 27.5 Å². The van der Waals surface area contributed by atoms with Crippen LogP contribution in [-0.2, 0) is 11.3 Å². The number of nitrogens with one attached hydrogen (secondary N) is 1. The van der Waals surface area contributed by atoms with Crippen LogP contribution < -0.4 is 10.1 Å². The fraction of sp³-hybridized carbons (Fsp3) is 0.222. The maximum atomic E-state index is 13.0. The van der Waals surface area contributed by atoms with Crippen LogP contribution in [0.4, 0.5) is 5.69 Å². The SMILES string of the molecule is O=C(Nc1ccccc1Oc1ccccc1)C1CCN(Cc2nc(-c3ccc(Br)cc3)no2)CC1. The van der Waals surface area contributed by atoms with Gasteiger partial charge in [0.15, 0.2) is 5.75 Å². The summed E-state index contributed by atoms with van der Waals surface area (Å²) in [7, 11) is 0. The Hall–Kier alpha value is -3.49. The second-order valence-electron chi connectivity index (χ2n) is 8.47. The molecule has 1 saturated heterocycles. The molecule has 7 nitrogen and oxygen atoms in total. The molecule has 2 heterocycles. The fourth-order valence-electron chi connectivity index (χ4n) is 4.09. The Morgan fingerprint density at radius 3 is 2.49 bits per heavy atom. The predicted octanol–water partition coefficient (Wildman–Crippen LogP) is 6.14. The molecule has 1 N–H and O–H groups in total. The molecule has 178 valence electrons. The van der Waals surface area contributed by atoms with E-state index in [2.05, 4.69) is 36.3 Å². The number of amides is 1. The van der Waals surface area contributed by atoms with Gasteiger partial charge in [0, 0.05) is 16.0 Å². The molecule has 1 aliphatic rings. The van der Waals surface area contributed by atoms with Gasteiger partial charge in [-0.05, 0) is 74.5 Å². The van der Waals surface area contributed by atoms with Crippen molar-refractivity contribution in [2.45, 2.75) is 19.4 Å². The third-order valence-corrected chi connectivity index (χ3v) is 6.53. The van der Waals surface area contributed by atoms with Gasteiger partial charge in [-0.15, -0.1) is 0 Å². The number of hydrogen-bond donors (Lipinski definition) is 1. The minimum absolute atomic E-state index is 0.0177. The molecule has 0 saturated carbocycles. The average Bonchev–Trinajstić information content (AvgIpc) is 3.35. The van der Waals surface area contributed by atoms with Crippen molar-refractivity contribution in [1.29, 1.82) is 0 Å². The highest BCUT2D eigenvalue weighted by Crippen LogP contribution is 2.30. The molecule has 1 aromatic heterocycles. The van der Waals surface area contributed by atoms with E-state index >= 15 is 0 Å². The summed E-state index contributed by atoms with van der Waals surface area (Å²) in [5.41, 5.74) is 1.59. The van der Waals surface area contributed by atoms with Gasteiger partial charge in [0.05, 0.1) is 12.2 Å². The van der Waals surface area contributed by atoms with Crippen LogP contribution in [0.3, 0.4) is 0 Å². The van der Waals surface area contributed by atoms with Gasteiger partial charge in [-0.1, -0.05) is 51.4 Å². The number of halogens is 1. The topological polar surface area (TPSA) is 80.5 Å². The number of aromatic nitrogens is 2. The third-order valence-electron chi connectivity index (χ3n) is 6.00. The van der Waals surface area contributed by atoms with Crippen molar-refractivity contribution < 1.29 is 14.1 Å². The Morgan fingerprint density at radius 2 is 1.71 bits per heavy atom. The molecule has 1 aliphatic heterocycles. The summed E-state index contributed by atoms with van der Waals surface area (Å²) in [5.74, 6) is 2.48. The number of para-hydroxylation sites is 3. The first-order valence-corrected chi connectivity index (χ1v) is 12.4. The summed E-state index contributed by atoms with van der Waals surface area (Å²) in [4.78, 5) is 19.8. The van der Waals surface area contributed by atoms with Crippen molar-refractivity contribution in [3.05, 3.63) is 89.2 Å². The van der Waals surface area contributed by atoms with E-state index in [1.54, 1.807) is 0 Å². The third kappa shape index (κ3) is 5.96. The van der Waals surface area contributed by atoms with Gasteiger partial charge in [0.25, 0.3) is 0 Å². The Morgan fingerprint density at radius 1 is 1.00 bits per heavy atom. The van der Waals surface area contributed by atoms with Crippen LogP contribution in [0.1, 0.15) is 18.7 Å². The largest absolute Gasteiger partial charge is 0.455 e. The molecule has 5 rings (SSSR count). The maximum Gasteiger partial charge on any atom is 0.241 e. The van der Waals surface area contributed by atoms with Gasteiger partial charge in [-0.25, -0.2) is 0 Å². The minimum atomic E-state index is -0.0583. The molecule has 1 fully saturated rings. The van der Waals surface area contributed by atoms with E-state index in [-0.39, 0.29) is 11.8 Å². The van der Waals surface area contributed by atoms with Gasteiger partial charge in [-0.3, -0.25) is 9.69 Å². The lowest BCUT2D eigenvalue weighted by molar-refractivity contribution is -0.121. The van der Waals surface area contributed by atoms with Crippen LogP contribution in [-0.4, -0.2) is 34.0 Å². The number of carbonyl (C=O) groups is 1. The molecule has 0 aliphatic carbocycles. The normalized spacial score (nSPS) is 14.5. The van der Waals surface area contributed by atoms with E-state index in [4.69, 9.17) is 9.26 Å². The zero-order valence-electron chi connectivity index (χ0n) is 19.1. The molecule has 35 heavy (non-hydrogen) atoms. The predicted molar refractivity (Wildman–Crippen MR) is 137 cm³/mol. The zero-order chi connectivity index (χ0) is 24.0. The molecule has 1 amide bonds. The van der Waals surface area contributed by atoms with E-state index in [1.165, 1.54) is 0 Å². The van der Waals surface area contributed by atoms with Crippen LogP contribution in [0, 0.1) is 5.92 Å². The first-order chi connectivity index (χ1) is 17.1. The number of likely N-dealkylation sites (tertiary alicyclic amines) is 1.